The van der Waals surface area contributed by atoms with Crippen molar-refractivity contribution in [1.29, 1.82) is 0 Å². The molecule has 2 aromatic rings. The molecule has 0 N–H and O–H groups in total. The second-order valence-electron chi connectivity index (χ2n) is 3.70. The van der Waals surface area contributed by atoms with Gasteiger partial charge in [-0.25, -0.2) is 0 Å². The van der Waals surface area contributed by atoms with Gasteiger partial charge in [0.25, 0.3) is 0 Å². The Morgan fingerprint density at radius 1 is 1.20 bits per heavy atom. The fourth-order valence-corrected chi connectivity index (χ4v) is 1.87. The molecule has 0 fully saturated rings. The third-order valence-corrected chi connectivity index (χ3v) is 2.59. The molecule has 0 saturated heterocycles. The van der Waals surface area contributed by atoms with Crippen LogP contribution in [0.25, 0.3) is 0 Å². The van der Waals surface area contributed by atoms with Crippen molar-refractivity contribution in [2.75, 3.05) is 0 Å². The zero-order valence-electron chi connectivity index (χ0n) is 9.00. The minimum Gasteiger partial charge on any atom is -0.265 e. The summed E-state index contributed by atoms with van der Waals surface area (Å²) in [4.78, 5) is 0. The van der Waals surface area contributed by atoms with E-state index in [1.807, 2.05) is 23.1 Å². The van der Waals surface area contributed by atoms with E-state index in [4.69, 9.17) is 0 Å². The van der Waals surface area contributed by atoms with E-state index in [1.54, 1.807) is 0 Å². The van der Waals surface area contributed by atoms with Crippen molar-refractivity contribution in [3.63, 3.8) is 0 Å². The van der Waals surface area contributed by atoms with E-state index in [0.717, 1.165) is 6.42 Å². The predicted molar refractivity (Wildman–Crippen MR) is 61.7 cm³/mol. The normalized spacial score (nSPS) is 12.6. The highest BCUT2D eigenvalue weighted by Crippen LogP contribution is 2.21. The van der Waals surface area contributed by atoms with Gasteiger partial charge in [-0.3, -0.25) is 4.68 Å². The highest BCUT2D eigenvalue weighted by atomic mass is 15.3. The Morgan fingerprint density at radius 3 is 2.60 bits per heavy atom. The summed E-state index contributed by atoms with van der Waals surface area (Å²) in [6.07, 6.45) is 6.17. The van der Waals surface area contributed by atoms with Gasteiger partial charge in [0.2, 0.25) is 0 Å². The summed E-state index contributed by atoms with van der Waals surface area (Å²) in [5, 5.41) is 4.33. The maximum Gasteiger partial charge on any atom is 0.0768 e. The van der Waals surface area contributed by atoms with Gasteiger partial charge in [0.15, 0.2) is 0 Å². The second kappa shape index (κ2) is 4.78. The van der Waals surface area contributed by atoms with Gasteiger partial charge in [-0.1, -0.05) is 43.7 Å². The summed E-state index contributed by atoms with van der Waals surface area (Å²) in [7, 11) is 0. The Balaban J connectivity index is 2.28. The number of rotatable bonds is 4. The average Bonchev–Trinajstić information content (AvgIpc) is 2.80. The van der Waals surface area contributed by atoms with Crippen LogP contribution in [0.2, 0.25) is 0 Å². The second-order valence-corrected chi connectivity index (χ2v) is 3.70. The topological polar surface area (TPSA) is 17.8 Å². The van der Waals surface area contributed by atoms with Crippen molar-refractivity contribution >= 4 is 0 Å². The first-order valence-corrected chi connectivity index (χ1v) is 5.46. The standard InChI is InChI=1S/C13H16N2/c1-2-7-13(15-11-6-10-14-15)12-8-4-3-5-9-12/h3-6,8-11,13H,2,7H2,1H3. The Bertz CT molecular complexity index is 378. The van der Waals surface area contributed by atoms with Crippen LogP contribution in [0.15, 0.2) is 48.8 Å². The van der Waals surface area contributed by atoms with Crippen LogP contribution in [0.1, 0.15) is 31.4 Å². The van der Waals surface area contributed by atoms with Crippen LogP contribution >= 0.6 is 0 Å². The van der Waals surface area contributed by atoms with Gasteiger partial charge in [0.05, 0.1) is 6.04 Å². The molecule has 15 heavy (non-hydrogen) atoms. The van der Waals surface area contributed by atoms with E-state index in [-0.39, 0.29) is 0 Å². The first-order chi connectivity index (χ1) is 7.42. The maximum atomic E-state index is 4.33. The maximum absolute atomic E-state index is 4.33. The molecule has 1 unspecified atom stereocenters. The molecule has 0 saturated carbocycles. The first-order valence-electron chi connectivity index (χ1n) is 5.46. The quantitative estimate of drug-likeness (QED) is 0.740. The van der Waals surface area contributed by atoms with Gasteiger partial charge >= 0.3 is 0 Å². The molecule has 78 valence electrons. The number of nitrogens with zero attached hydrogens (tertiary/aromatic N) is 2. The van der Waals surface area contributed by atoms with Crippen LogP contribution in [-0.4, -0.2) is 9.78 Å². The Labute approximate surface area is 90.6 Å². The lowest BCUT2D eigenvalue weighted by atomic mass is 10.0. The molecule has 2 rings (SSSR count). The Kier molecular flexibility index (Phi) is 3.18. The van der Waals surface area contributed by atoms with Crippen LogP contribution in [0, 0.1) is 0 Å². The van der Waals surface area contributed by atoms with Gasteiger partial charge in [-0.15, -0.1) is 0 Å². The van der Waals surface area contributed by atoms with E-state index in [1.165, 1.54) is 12.0 Å². The lowest BCUT2D eigenvalue weighted by Crippen LogP contribution is -2.10. The molecule has 2 nitrogen and oxygen atoms in total. The molecule has 0 radical (unpaired) electrons. The van der Waals surface area contributed by atoms with Crippen molar-refractivity contribution in [3.05, 3.63) is 54.4 Å². The van der Waals surface area contributed by atoms with Crippen molar-refractivity contribution in [2.24, 2.45) is 0 Å². The fourth-order valence-electron chi connectivity index (χ4n) is 1.87. The van der Waals surface area contributed by atoms with E-state index in [9.17, 15) is 0 Å². The Hall–Kier alpha value is -1.57. The van der Waals surface area contributed by atoms with Gasteiger partial charge in [-0.2, -0.15) is 5.10 Å². The van der Waals surface area contributed by atoms with E-state index >= 15 is 0 Å². The third kappa shape index (κ3) is 2.27. The van der Waals surface area contributed by atoms with E-state index < -0.39 is 0 Å². The SMILES string of the molecule is CCCC(c1ccccc1)n1cccn1. The van der Waals surface area contributed by atoms with Crippen LogP contribution in [0.5, 0.6) is 0 Å². The zero-order chi connectivity index (χ0) is 10.5. The smallest absolute Gasteiger partial charge is 0.0768 e. The molecule has 0 aliphatic heterocycles. The van der Waals surface area contributed by atoms with Crippen molar-refractivity contribution in [3.8, 4) is 0 Å². The lowest BCUT2D eigenvalue weighted by Gasteiger charge is -2.17. The lowest BCUT2D eigenvalue weighted by molar-refractivity contribution is 0.484. The number of hydrogen-bond acceptors (Lipinski definition) is 1. The van der Waals surface area contributed by atoms with Gasteiger partial charge in [-0.05, 0) is 18.1 Å². The van der Waals surface area contributed by atoms with Gasteiger partial charge in [0, 0.05) is 12.4 Å². The Morgan fingerprint density at radius 2 is 2.00 bits per heavy atom. The van der Waals surface area contributed by atoms with Crippen molar-refractivity contribution in [2.45, 2.75) is 25.8 Å². The number of benzene rings is 1. The molecule has 2 heteroatoms. The number of hydrogen-bond donors (Lipinski definition) is 0. The first kappa shape index (κ1) is 9.97. The van der Waals surface area contributed by atoms with E-state index in [2.05, 4.69) is 42.4 Å². The van der Waals surface area contributed by atoms with E-state index in [0.29, 0.717) is 6.04 Å². The highest BCUT2D eigenvalue weighted by Gasteiger charge is 2.11. The molecular formula is C13H16N2. The average molecular weight is 200 g/mol. The minimum atomic E-state index is 0.381. The van der Waals surface area contributed by atoms with Gasteiger partial charge < -0.3 is 0 Å². The summed E-state index contributed by atoms with van der Waals surface area (Å²) >= 11 is 0. The summed E-state index contributed by atoms with van der Waals surface area (Å²) < 4.78 is 2.04. The molecule has 1 atom stereocenters. The zero-order valence-corrected chi connectivity index (χ0v) is 9.00. The molecule has 0 spiro atoms. The summed E-state index contributed by atoms with van der Waals surface area (Å²) in [6, 6.07) is 12.9. The molecule has 1 aromatic carbocycles. The van der Waals surface area contributed by atoms with Crippen molar-refractivity contribution in [1.82, 2.24) is 9.78 Å². The van der Waals surface area contributed by atoms with Crippen LogP contribution in [0.4, 0.5) is 0 Å². The molecule has 1 heterocycles. The molecule has 0 bridgehead atoms. The van der Waals surface area contributed by atoms with Crippen LogP contribution in [-0.2, 0) is 0 Å². The summed E-state index contributed by atoms with van der Waals surface area (Å²) in [5.41, 5.74) is 1.34. The summed E-state index contributed by atoms with van der Waals surface area (Å²) in [5.74, 6) is 0. The van der Waals surface area contributed by atoms with Gasteiger partial charge in [0.1, 0.15) is 0 Å². The molecular weight excluding hydrogens is 184 g/mol. The largest absolute Gasteiger partial charge is 0.265 e. The predicted octanol–water partition coefficient (Wildman–Crippen LogP) is 3.27. The van der Waals surface area contributed by atoms with Crippen LogP contribution < -0.4 is 0 Å². The van der Waals surface area contributed by atoms with Crippen molar-refractivity contribution < 1.29 is 0 Å². The minimum absolute atomic E-state index is 0.381. The highest BCUT2D eigenvalue weighted by molar-refractivity contribution is 5.19. The number of aromatic nitrogens is 2. The third-order valence-electron chi connectivity index (χ3n) is 2.59. The van der Waals surface area contributed by atoms with Crippen LogP contribution in [0.3, 0.4) is 0 Å². The molecule has 1 aromatic heterocycles. The summed E-state index contributed by atoms with van der Waals surface area (Å²) in [6.45, 7) is 2.21. The molecule has 0 aliphatic carbocycles. The fraction of sp³-hybridized carbons (Fsp3) is 0.308. The molecule has 0 amide bonds. The monoisotopic (exact) mass is 200 g/mol. The molecule has 0 aliphatic rings.